The molecule has 1 heterocycles. The smallest absolute Gasteiger partial charge is 0.307 e. The van der Waals surface area contributed by atoms with Gasteiger partial charge in [0.05, 0.1) is 13.0 Å². The summed E-state index contributed by atoms with van der Waals surface area (Å²) in [7, 11) is 0. The Bertz CT molecular complexity index is 232. The van der Waals surface area contributed by atoms with Gasteiger partial charge >= 0.3 is 5.97 Å². The van der Waals surface area contributed by atoms with Crippen LogP contribution >= 0.6 is 0 Å². The van der Waals surface area contributed by atoms with E-state index in [0.717, 1.165) is 5.92 Å². The maximum atomic E-state index is 11.6. The molecule has 2 fully saturated rings. The van der Waals surface area contributed by atoms with Crippen molar-refractivity contribution in [3.8, 4) is 0 Å². The molecule has 0 aromatic rings. The van der Waals surface area contributed by atoms with Crippen molar-refractivity contribution in [3.63, 3.8) is 0 Å². The normalized spacial score (nSPS) is 24.1. The molecular formula is C13H23NO2. The number of ether oxygens (including phenoxy) is 1. The van der Waals surface area contributed by atoms with Crippen molar-refractivity contribution >= 4 is 5.97 Å². The molecule has 2 rings (SSSR count). The van der Waals surface area contributed by atoms with E-state index in [0.29, 0.717) is 19.1 Å². The highest BCUT2D eigenvalue weighted by Gasteiger charge is 2.37. The Morgan fingerprint density at radius 1 is 1.31 bits per heavy atom. The predicted octanol–water partition coefficient (Wildman–Crippen LogP) is 2.20. The van der Waals surface area contributed by atoms with Gasteiger partial charge in [-0.25, -0.2) is 0 Å². The highest BCUT2D eigenvalue weighted by molar-refractivity contribution is 5.70. The molecule has 1 unspecified atom stereocenters. The van der Waals surface area contributed by atoms with Gasteiger partial charge in [-0.15, -0.1) is 0 Å². The van der Waals surface area contributed by atoms with Crippen molar-refractivity contribution in [1.29, 1.82) is 0 Å². The van der Waals surface area contributed by atoms with Crippen molar-refractivity contribution in [3.05, 3.63) is 0 Å². The molecule has 0 aromatic carbocycles. The zero-order chi connectivity index (χ0) is 11.4. The lowest BCUT2D eigenvalue weighted by Crippen LogP contribution is -2.42. The molecule has 0 bridgehead atoms. The maximum absolute atomic E-state index is 11.6. The van der Waals surface area contributed by atoms with Gasteiger partial charge in [0.15, 0.2) is 0 Å². The summed E-state index contributed by atoms with van der Waals surface area (Å²) >= 11 is 0. The van der Waals surface area contributed by atoms with Crippen LogP contribution in [0.4, 0.5) is 0 Å². The SMILES string of the molecule is CCOC(=O)CC(C1CC1)N1CCCCC1. The third-order valence-electron chi connectivity index (χ3n) is 3.71. The quantitative estimate of drug-likeness (QED) is 0.672. The Kier molecular flexibility index (Phi) is 4.22. The Labute approximate surface area is 98.1 Å². The van der Waals surface area contributed by atoms with Crippen LogP contribution in [0.25, 0.3) is 0 Å². The van der Waals surface area contributed by atoms with E-state index in [-0.39, 0.29) is 5.97 Å². The van der Waals surface area contributed by atoms with Gasteiger partial charge in [0.1, 0.15) is 0 Å². The van der Waals surface area contributed by atoms with Crippen LogP contribution in [0.5, 0.6) is 0 Å². The average molecular weight is 225 g/mol. The second-order valence-corrected chi connectivity index (χ2v) is 5.01. The molecule has 1 saturated carbocycles. The van der Waals surface area contributed by atoms with Crippen LogP contribution in [0, 0.1) is 5.92 Å². The zero-order valence-electron chi connectivity index (χ0n) is 10.3. The first-order valence-corrected chi connectivity index (χ1v) is 6.71. The lowest BCUT2D eigenvalue weighted by Gasteiger charge is -2.34. The molecule has 2 aliphatic rings. The number of hydrogen-bond donors (Lipinski definition) is 0. The topological polar surface area (TPSA) is 29.5 Å². The van der Waals surface area contributed by atoms with Crippen molar-refractivity contribution in [2.75, 3.05) is 19.7 Å². The van der Waals surface area contributed by atoms with Crippen molar-refractivity contribution < 1.29 is 9.53 Å². The Morgan fingerprint density at radius 2 is 2.00 bits per heavy atom. The molecule has 3 heteroatoms. The molecule has 0 radical (unpaired) electrons. The lowest BCUT2D eigenvalue weighted by atomic mass is 10.0. The molecule has 1 aliphatic carbocycles. The third-order valence-corrected chi connectivity index (χ3v) is 3.71. The number of hydrogen-bond acceptors (Lipinski definition) is 3. The van der Waals surface area contributed by atoms with Gasteiger partial charge in [0.25, 0.3) is 0 Å². The van der Waals surface area contributed by atoms with Gasteiger partial charge in [-0.3, -0.25) is 9.69 Å². The van der Waals surface area contributed by atoms with Gasteiger partial charge in [0, 0.05) is 6.04 Å². The van der Waals surface area contributed by atoms with E-state index in [1.807, 2.05) is 6.92 Å². The Balaban J connectivity index is 1.86. The van der Waals surface area contributed by atoms with E-state index in [4.69, 9.17) is 4.74 Å². The van der Waals surface area contributed by atoms with Crippen LogP contribution in [0.3, 0.4) is 0 Å². The largest absolute Gasteiger partial charge is 0.466 e. The minimum Gasteiger partial charge on any atom is -0.466 e. The number of carbonyl (C=O) groups excluding carboxylic acids is 1. The van der Waals surface area contributed by atoms with E-state index >= 15 is 0 Å². The molecule has 1 atom stereocenters. The van der Waals surface area contributed by atoms with Gasteiger partial charge in [-0.1, -0.05) is 6.42 Å². The van der Waals surface area contributed by atoms with Crippen molar-refractivity contribution in [2.45, 2.75) is 51.5 Å². The second kappa shape index (κ2) is 5.67. The van der Waals surface area contributed by atoms with Crippen LogP contribution in [0.15, 0.2) is 0 Å². The summed E-state index contributed by atoms with van der Waals surface area (Å²) in [5, 5.41) is 0. The van der Waals surface area contributed by atoms with E-state index in [1.165, 1.54) is 45.2 Å². The molecule has 0 spiro atoms. The average Bonchev–Trinajstić information content (AvgIpc) is 3.11. The monoisotopic (exact) mass is 225 g/mol. The van der Waals surface area contributed by atoms with E-state index < -0.39 is 0 Å². The molecule has 16 heavy (non-hydrogen) atoms. The van der Waals surface area contributed by atoms with E-state index in [2.05, 4.69) is 4.90 Å². The molecule has 92 valence electrons. The van der Waals surface area contributed by atoms with Crippen LogP contribution in [0.2, 0.25) is 0 Å². The summed E-state index contributed by atoms with van der Waals surface area (Å²) in [6.45, 7) is 4.75. The molecule has 0 N–H and O–H groups in total. The minimum atomic E-state index is -0.00928. The fourth-order valence-electron chi connectivity index (χ4n) is 2.72. The Morgan fingerprint density at radius 3 is 2.56 bits per heavy atom. The maximum Gasteiger partial charge on any atom is 0.307 e. The summed E-state index contributed by atoms with van der Waals surface area (Å²) in [6.07, 6.45) is 7.17. The molecule has 0 amide bonds. The van der Waals surface area contributed by atoms with Gasteiger partial charge in [0.2, 0.25) is 0 Å². The van der Waals surface area contributed by atoms with Crippen molar-refractivity contribution in [2.24, 2.45) is 5.92 Å². The third kappa shape index (κ3) is 3.21. The first-order chi connectivity index (χ1) is 7.81. The van der Waals surface area contributed by atoms with Gasteiger partial charge in [-0.05, 0) is 51.6 Å². The summed E-state index contributed by atoms with van der Waals surface area (Å²) in [6, 6.07) is 0.472. The van der Waals surface area contributed by atoms with Crippen LogP contribution < -0.4 is 0 Å². The Hall–Kier alpha value is -0.570. The molecule has 1 aliphatic heterocycles. The van der Waals surface area contributed by atoms with Crippen molar-refractivity contribution in [1.82, 2.24) is 4.90 Å². The van der Waals surface area contributed by atoms with Crippen LogP contribution in [-0.4, -0.2) is 36.6 Å². The standard InChI is InChI=1S/C13H23NO2/c1-2-16-13(15)10-12(11-6-7-11)14-8-4-3-5-9-14/h11-12H,2-10H2,1H3. The summed E-state index contributed by atoms with van der Waals surface area (Å²) in [4.78, 5) is 14.1. The van der Waals surface area contributed by atoms with Crippen LogP contribution in [-0.2, 0) is 9.53 Å². The predicted molar refractivity (Wildman–Crippen MR) is 63.2 cm³/mol. The molecule has 0 aromatic heterocycles. The number of piperidine rings is 1. The zero-order valence-corrected chi connectivity index (χ0v) is 10.3. The van der Waals surface area contributed by atoms with E-state index in [1.54, 1.807) is 0 Å². The first kappa shape index (κ1) is 11.9. The highest BCUT2D eigenvalue weighted by Crippen LogP contribution is 2.38. The van der Waals surface area contributed by atoms with Gasteiger partial charge in [-0.2, -0.15) is 0 Å². The number of rotatable bonds is 5. The lowest BCUT2D eigenvalue weighted by molar-refractivity contribution is -0.144. The number of likely N-dealkylation sites (tertiary alicyclic amines) is 1. The molecule has 3 nitrogen and oxygen atoms in total. The number of nitrogens with zero attached hydrogens (tertiary/aromatic N) is 1. The first-order valence-electron chi connectivity index (χ1n) is 6.71. The summed E-state index contributed by atoms with van der Waals surface area (Å²) < 4.78 is 5.08. The minimum absolute atomic E-state index is 0.00928. The van der Waals surface area contributed by atoms with Crippen LogP contribution in [0.1, 0.15) is 45.4 Å². The number of esters is 1. The van der Waals surface area contributed by atoms with E-state index in [9.17, 15) is 4.79 Å². The van der Waals surface area contributed by atoms with Gasteiger partial charge < -0.3 is 4.74 Å². The number of carbonyl (C=O) groups is 1. The highest BCUT2D eigenvalue weighted by atomic mass is 16.5. The second-order valence-electron chi connectivity index (χ2n) is 5.01. The summed E-state index contributed by atoms with van der Waals surface area (Å²) in [5.41, 5.74) is 0. The molecular weight excluding hydrogens is 202 g/mol. The molecule has 1 saturated heterocycles. The summed E-state index contributed by atoms with van der Waals surface area (Å²) in [5.74, 6) is 0.757. The fourth-order valence-corrected chi connectivity index (χ4v) is 2.72. The fraction of sp³-hybridized carbons (Fsp3) is 0.923.